The second-order valence-corrected chi connectivity index (χ2v) is 9.74. The lowest BCUT2D eigenvalue weighted by Crippen LogP contribution is -2.49. The maximum atomic E-state index is 12.6. The zero-order valence-corrected chi connectivity index (χ0v) is 17.3. The van der Waals surface area contributed by atoms with Crippen LogP contribution in [-0.2, 0) is 9.47 Å². The Morgan fingerprint density at radius 2 is 1.85 bits per heavy atom. The van der Waals surface area contributed by atoms with Gasteiger partial charge in [0.25, 0.3) is 0 Å². The van der Waals surface area contributed by atoms with Crippen LogP contribution in [0.3, 0.4) is 0 Å². The lowest BCUT2D eigenvalue weighted by atomic mass is 9.95. The Balaban J connectivity index is 1.58. The van der Waals surface area contributed by atoms with E-state index in [1.165, 1.54) is 12.8 Å². The highest BCUT2D eigenvalue weighted by Gasteiger charge is 2.39. The molecule has 1 saturated carbocycles. The summed E-state index contributed by atoms with van der Waals surface area (Å²) in [6.07, 6.45) is 8.62. The van der Waals surface area contributed by atoms with Gasteiger partial charge in [0.2, 0.25) is 0 Å². The average Bonchev–Trinajstić information content (AvgIpc) is 3.23. The Kier molecular flexibility index (Phi) is 6.18. The summed E-state index contributed by atoms with van der Waals surface area (Å²) < 4.78 is 11.5. The highest BCUT2D eigenvalue weighted by molar-refractivity contribution is 5.68. The van der Waals surface area contributed by atoms with Crippen molar-refractivity contribution in [2.75, 3.05) is 6.54 Å². The molecule has 2 aliphatic heterocycles. The third kappa shape index (κ3) is 5.59. The van der Waals surface area contributed by atoms with Gasteiger partial charge in [-0.1, -0.05) is 0 Å². The number of carbonyl (C=O) groups is 1. The van der Waals surface area contributed by atoms with E-state index in [0.717, 1.165) is 44.6 Å². The fourth-order valence-electron chi connectivity index (χ4n) is 4.67. The van der Waals surface area contributed by atoms with Gasteiger partial charge in [-0.05, 0) is 85.5 Å². The molecule has 5 atom stereocenters. The Hall–Kier alpha value is -0.810. The van der Waals surface area contributed by atoms with Crippen molar-refractivity contribution in [1.29, 1.82) is 0 Å². The van der Waals surface area contributed by atoms with E-state index < -0.39 is 5.60 Å². The fraction of sp³-hybridized carbons (Fsp3) is 0.952. The van der Waals surface area contributed by atoms with Crippen LogP contribution in [0.4, 0.5) is 4.79 Å². The number of hydrogen-bond acceptors (Lipinski definition) is 4. The van der Waals surface area contributed by atoms with Crippen molar-refractivity contribution >= 4 is 6.09 Å². The molecule has 0 aromatic rings. The van der Waals surface area contributed by atoms with Gasteiger partial charge in [-0.25, -0.2) is 4.79 Å². The van der Waals surface area contributed by atoms with Crippen LogP contribution in [0.2, 0.25) is 0 Å². The van der Waals surface area contributed by atoms with Gasteiger partial charge < -0.3 is 19.7 Å². The van der Waals surface area contributed by atoms with Gasteiger partial charge in [0.1, 0.15) is 5.60 Å². The number of amides is 1. The van der Waals surface area contributed by atoms with Crippen LogP contribution >= 0.6 is 0 Å². The minimum atomic E-state index is -0.424. The van der Waals surface area contributed by atoms with Crippen molar-refractivity contribution in [1.82, 2.24) is 10.2 Å². The molecular formula is C21H38N2O3. The molecular weight excluding hydrogens is 328 g/mol. The highest BCUT2D eigenvalue weighted by Crippen LogP contribution is 2.37. The number of hydrogen-bond donors (Lipinski definition) is 1. The smallest absolute Gasteiger partial charge is 0.410 e. The number of ether oxygens (including phenoxy) is 2. The minimum absolute atomic E-state index is 0.136. The molecule has 5 nitrogen and oxygen atoms in total. The second kappa shape index (κ2) is 8.05. The molecule has 1 amide bonds. The van der Waals surface area contributed by atoms with Crippen molar-refractivity contribution in [2.45, 2.75) is 115 Å². The molecule has 3 fully saturated rings. The van der Waals surface area contributed by atoms with Crippen LogP contribution in [0.1, 0.15) is 79.6 Å². The molecule has 1 N–H and O–H groups in total. The Labute approximate surface area is 159 Å². The van der Waals surface area contributed by atoms with E-state index in [1.807, 2.05) is 25.7 Å². The Morgan fingerprint density at radius 1 is 1.19 bits per heavy atom. The molecule has 2 heterocycles. The summed E-state index contributed by atoms with van der Waals surface area (Å²) >= 11 is 0. The van der Waals surface area contributed by atoms with Crippen LogP contribution in [0.5, 0.6) is 0 Å². The van der Waals surface area contributed by atoms with Gasteiger partial charge in [-0.2, -0.15) is 0 Å². The van der Waals surface area contributed by atoms with Crippen LogP contribution < -0.4 is 5.32 Å². The first-order chi connectivity index (χ1) is 12.2. The Bertz CT molecular complexity index is 476. The molecule has 3 aliphatic rings. The monoisotopic (exact) mass is 366 g/mol. The second-order valence-electron chi connectivity index (χ2n) is 9.74. The van der Waals surface area contributed by atoms with Gasteiger partial charge in [-0.15, -0.1) is 0 Å². The molecule has 26 heavy (non-hydrogen) atoms. The van der Waals surface area contributed by atoms with Gasteiger partial charge in [0.15, 0.2) is 0 Å². The van der Waals surface area contributed by atoms with E-state index in [0.29, 0.717) is 30.3 Å². The summed E-state index contributed by atoms with van der Waals surface area (Å²) in [5.41, 5.74) is -0.424. The first-order valence-electron chi connectivity index (χ1n) is 10.6. The Morgan fingerprint density at radius 3 is 2.42 bits per heavy atom. The predicted molar refractivity (Wildman–Crippen MR) is 103 cm³/mol. The molecule has 5 heteroatoms. The third-order valence-electron chi connectivity index (χ3n) is 5.87. The van der Waals surface area contributed by atoms with Gasteiger partial charge in [0.05, 0.1) is 12.2 Å². The lowest BCUT2D eigenvalue weighted by molar-refractivity contribution is -0.0443. The molecule has 0 radical (unpaired) electrons. The maximum Gasteiger partial charge on any atom is 0.410 e. The topological polar surface area (TPSA) is 50.8 Å². The molecule has 0 aromatic heterocycles. The first-order valence-corrected chi connectivity index (χ1v) is 10.6. The molecule has 0 aromatic carbocycles. The van der Waals surface area contributed by atoms with Crippen molar-refractivity contribution in [3.63, 3.8) is 0 Å². The summed E-state index contributed by atoms with van der Waals surface area (Å²) in [7, 11) is 0. The number of nitrogens with zero attached hydrogens (tertiary/aromatic N) is 1. The zero-order valence-electron chi connectivity index (χ0n) is 17.3. The molecule has 1 aliphatic carbocycles. The van der Waals surface area contributed by atoms with Gasteiger partial charge in [-0.3, -0.25) is 0 Å². The van der Waals surface area contributed by atoms with Crippen molar-refractivity contribution in [2.24, 2.45) is 5.92 Å². The van der Waals surface area contributed by atoms with Crippen molar-refractivity contribution in [3.8, 4) is 0 Å². The SMILES string of the molecule is C[C@@H]1CC(N[C@H](C[C@H]2CCCN2C(=O)OC(C)(C)C)C2CC2)C[C@H](C)O1. The zero-order chi connectivity index (χ0) is 18.9. The number of nitrogens with one attached hydrogen (secondary N) is 1. The van der Waals surface area contributed by atoms with E-state index in [1.54, 1.807) is 0 Å². The summed E-state index contributed by atoms with van der Waals surface area (Å²) in [6.45, 7) is 11.0. The van der Waals surface area contributed by atoms with E-state index >= 15 is 0 Å². The van der Waals surface area contributed by atoms with Gasteiger partial charge >= 0.3 is 6.09 Å². The van der Waals surface area contributed by atoms with E-state index in [2.05, 4.69) is 19.2 Å². The predicted octanol–water partition coefficient (Wildman–Crippen LogP) is 4.10. The summed E-state index contributed by atoms with van der Waals surface area (Å²) in [6, 6.07) is 1.37. The summed E-state index contributed by atoms with van der Waals surface area (Å²) in [5.74, 6) is 0.782. The number of rotatable bonds is 5. The summed E-state index contributed by atoms with van der Waals surface area (Å²) in [4.78, 5) is 14.6. The minimum Gasteiger partial charge on any atom is -0.444 e. The molecule has 2 saturated heterocycles. The lowest BCUT2D eigenvalue weighted by Gasteiger charge is -2.37. The molecule has 0 spiro atoms. The fourth-order valence-corrected chi connectivity index (χ4v) is 4.67. The van der Waals surface area contributed by atoms with Crippen molar-refractivity contribution < 1.29 is 14.3 Å². The van der Waals surface area contributed by atoms with Crippen LogP contribution in [-0.4, -0.2) is 53.5 Å². The number of carbonyl (C=O) groups excluding carboxylic acids is 1. The molecule has 1 unspecified atom stereocenters. The van der Waals surface area contributed by atoms with E-state index in [9.17, 15) is 4.79 Å². The van der Waals surface area contributed by atoms with Crippen LogP contribution in [0.15, 0.2) is 0 Å². The third-order valence-corrected chi connectivity index (χ3v) is 5.87. The van der Waals surface area contributed by atoms with Crippen molar-refractivity contribution in [3.05, 3.63) is 0 Å². The van der Waals surface area contributed by atoms with Crippen LogP contribution in [0, 0.1) is 5.92 Å². The van der Waals surface area contributed by atoms with Crippen LogP contribution in [0.25, 0.3) is 0 Å². The first kappa shape index (κ1) is 19.9. The quantitative estimate of drug-likeness (QED) is 0.796. The standard InChI is InChI=1S/C21H38N2O3/c1-14-11-17(12-15(2)25-14)22-19(16-8-9-16)13-18-7-6-10-23(18)20(24)26-21(3,4)5/h14-19,22H,6-13H2,1-5H3/t14-,15+,17?,18-,19-/m1/s1. The summed E-state index contributed by atoms with van der Waals surface area (Å²) in [5, 5.41) is 3.95. The largest absolute Gasteiger partial charge is 0.444 e. The van der Waals surface area contributed by atoms with E-state index in [4.69, 9.17) is 9.47 Å². The van der Waals surface area contributed by atoms with E-state index in [-0.39, 0.29) is 6.09 Å². The normalized spacial score (nSPS) is 34.0. The highest BCUT2D eigenvalue weighted by atomic mass is 16.6. The molecule has 3 rings (SSSR count). The van der Waals surface area contributed by atoms with Gasteiger partial charge in [0, 0.05) is 24.7 Å². The number of likely N-dealkylation sites (tertiary alicyclic amines) is 1. The molecule has 150 valence electrons. The maximum absolute atomic E-state index is 12.6. The average molecular weight is 367 g/mol. The molecule has 0 bridgehead atoms.